The molecule has 0 fully saturated rings. The van der Waals surface area contributed by atoms with E-state index in [4.69, 9.17) is 16.0 Å². The minimum absolute atomic E-state index is 0.368. The SMILES string of the molecule is O=c1cc(CSc2nnc(-c3ccccc3)n2-c2ccc(Cl)cc2)c2c(ccc3ccccc32)o1. The van der Waals surface area contributed by atoms with Gasteiger partial charge in [0.2, 0.25) is 0 Å². The van der Waals surface area contributed by atoms with Gasteiger partial charge in [0.1, 0.15) is 5.58 Å². The molecule has 5 nitrogen and oxygen atoms in total. The summed E-state index contributed by atoms with van der Waals surface area (Å²) in [6.07, 6.45) is 0. The smallest absolute Gasteiger partial charge is 0.336 e. The highest BCUT2D eigenvalue weighted by Gasteiger charge is 2.18. The van der Waals surface area contributed by atoms with Crippen LogP contribution >= 0.6 is 23.4 Å². The van der Waals surface area contributed by atoms with E-state index >= 15 is 0 Å². The molecule has 0 spiro atoms. The van der Waals surface area contributed by atoms with Crippen LogP contribution in [0.3, 0.4) is 0 Å². The van der Waals surface area contributed by atoms with Gasteiger partial charge in [0.25, 0.3) is 0 Å². The van der Waals surface area contributed by atoms with Gasteiger partial charge in [-0.1, -0.05) is 84.0 Å². The number of benzene rings is 4. The summed E-state index contributed by atoms with van der Waals surface area (Å²) >= 11 is 7.67. The molecule has 0 saturated carbocycles. The molecule has 35 heavy (non-hydrogen) atoms. The zero-order valence-electron chi connectivity index (χ0n) is 18.4. The summed E-state index contributed by atoms with van der Waals surface area (Å²) < 4.78 is 7.53. The molecule has 170 valence electrons. The number of fused-ring (bicyclic) bond motifs is 3. The minimum atomic E-state index is -0.368. The van der Waals surface area contributed by atoms with Crippen LogP contribution in [0, 0.1) is 0 Å². The lowest BCUT2D eigenvalue weighted by molar-refractivity contribution is 0.560. The van der Waals surface area contributed by atoms with Gasteiger partial charge in [0.05, 0.1) is 0 Å². The minimum Gasteiger partial charge on any atom is -0.423 e. The number of hydrogen-bond donors (Lipinski definition) is 0. The fraction of sp³-hybridized carbons (Fsp3) is 0.0357. The van der Waals surface area contributed by atoms with E-state index in [1.54, 1.807) is 6.07 Å². The number of hydrogen-bond acceptors (Lipinski definition) is 5. The van der Waals surface area contributed by atoms with Crippen molar-refractivity contribution in [3.8, 4) is 17.1 Å². The molecule has 0 amide bonds. The van der Waals surface area contributed by atoms with Crippen molar-refractivity contribution in [2.45, 2.75) is 10.9 Å². The number of rotatable bonds is 5. The van der Waals surface area contributed by atoms with Gasteiger partial charge >= 0.3 is 5.63 Å². The van der Waals surface area contributed by atoms with E-state index in [-0.39, 0.29) is 5.63 Å². The van der Waals surface area contributed by atoms with E-state index in [2.05, 4.69) is 22.3 Å². The Kier molecular flexibility index (Phi) is 5.60. The molecule has 2 heterocycles. The highest BCUT2D eigenvalue weighted by atomic mass is 35.5. The van der Waals surface area contributed by atoms with Gasteiger partial charge in [0, 0.05) is 33.5 Å². The van der Waals surface area contributed by atoms with E-state index in [0.717, 1.165) is 38.8 Å². The molecule has 0 aliphatic carbocycles. The van der Waals surface area contributed by atoms with Crippen LogP contribution < -0.4 is 5.63 Å². The molecule has 0 aliphatic rings. The third-order valence-electron chi connectivity index (χ3n) is 5.82. The molecule has 0 saturated heterocycles. The molecule has 7 heteroatoms. The third kappa shape index (κ3) is 4.11. The lowest BCUT2D eigenvalue weighted by atomic mass is 10.0. The highest BCUT2D eigenvalue weighted by Crippen LogP contribution is 2.33. The van der Waals surface area contributed by atoms with Gasteiger partial charge in [-0.2, -0.15) is 0 Å². The Hall–Kier alpha value is -3.87. The fourth-order valence-electron chi connectivity index (χ4n) is 4.24. The summed E-state index contributed by atoms with van der Waals surface area (Å²) in [7, 11) is 0. The van der Waals surface area contributed by atoms with Crippen molar-refractivity contribution in [1.82, 2.24) is 14.8 Å². The van der Waals surface area contributed by atoms with Crippen LogP contribution in [0.2, 0.25) is 5.02 Å². The predicted molar refractivity (Wildman–Crippen MR) is 141 cm³/mol. The summed E-state index contributed by atoms with van der Waals surface area (Å²) in [5.41, 5.74) is 2.97. The van der Waals surface area contributed by atoms with Gasteiger partial charge in [-0.3, -0.25) is 4.57 Å². The summed E-state index contributed by atoms with van der Waals surface area (Å²) in [4.78, 5) is 12.3. The van der Waals surface area contributed by atoms with Gasteiger partial charge < -0.3 is 4.42 Å². The molecule has 0 radical (unpaired) electrons. The first-order chi connectivity index (χ1) is 17.2. The average Bonchev–Trinajstić information content (AvgIpc) is 3.32. The maximum absolute atomic E-state index is 12.3. The Morgan fingerprint density at radius 3 is 2.46 bits per heavy atom. The van der Waals surface area contributed by atoms with Crippen LogP contribution in [0.5, 0.6) is 0 Å². The Labute approximate surface area is 210 Å². The van der Waals surface area contributed by atoms with Crippen LogP contribution in [-0.4, -0.2) is 14.8 Å². The topological polar surface area (TPSA) is 60.9 Å². The van der Waals surface area contributed by atoms with Crippen LogP contribution in [0.4, 0.5) is 0 Å². The fourth-order valence-corrected chi connectivity index (χ4v) is 5.29. The van der Waals surface area contributed by atoms with Crippen LogP contribution in [0.15, 0.2) is 111 Å². The monoisotopic (exact) mass is 495 g/mol. The normalized spacial score (nSPS) is 11.3. The Morgan fingerprint density at radius 1 is 0.857 bits per heavy atom. The van der Waals surface area contributed by atoms with Crippen molar-refractivity contribution in [3.05, 3.63) is 118 Å². The van der Waals surface area contributed by atoms with Gasteiger partial charge in [-0.05, 0) is 46.7 Å². The molecular weight excluding hydrogens is 478 g/mol. The molecule has 0 atom stereocenters. The third-order valence-corrected chi connectivity index (χ3v) is 7.05. The molecule has 4 aromatic carbocycles. The van der Waals surface area contributed by atoms with Crippen molar-refractivity contribution in [2.75, 3.05) is 0 Å². The van der Waals surface area contributed by atoms with Gasteiger partial charge in [-0.25, -0.2) is 4.79 Å². The molecule has 0 aliphatic heterocycles. The molecule has 0 bridgehead atoms. The van der Waals surface area contributed by atoms with Crippen molar-refractivity contribution in [2.24, 2.45) is 0 Å². The van der Waals surface area contributed by atoms with Gasteiger partial charge in [-0.15, -0.1) is 10.2 Å². The second kappa shape index (κ2) is 9.06. The van der Waals surface area contributed by atoms with E-state index in [1.165, 1.54) is 11.8 Å². The maximum Gasteiger partial charge on any atom is 0.336 e. The summed E-state index contributed by atoms with van der Waals surface area (Å²) in [5, 5.41) is 13.5. The summed E-state index contributed by atoms with van der Waals surface area (Å²) in [6, 6.07) is 31.0. The summed E-state index contributed by atoms with van der Waals surface area (Å²) in [5.74, 6) is 1.26. The predicted octanol–water partition coefficient (Wildman–Crippen LogP) is 7.14. The Balaban J connectivity index is 1.46. The quantitative estimate of drug-likeness (QED) is 0.144. The second-order valence-corrected chi connectivity index (χ2v) is 9.40. The Bertz CT molecular complexity index is 1730. The first-order valence-electron chi connectivity index (χ1n) is 11.0. The summed E-state index contributed by atoms with van der Waals surface area (Å²) in [6.45, 7) is 0. The van der Waals surface area contributed by atoms with E-state index in [9.17, 15) is 4.79 Å². The zero-order chi connectivity index (χ0) is 23.8. The molecule has 2 aromatic heterocycles. The Morgan fingerprint density at radius 2 is 1.63 bits per heavy atom. The largest absolute Gasteiger partial charge is 0.423 e. The lowest BCUT2D eigenvalue weighted by Gasteiger charge is -2.12. The number of aromatic nitrogens is 3. The number of halogens is 1. The van der Waals surface area contributed by atoms with Crippen molar-refractivity contribution >= 4 is 45.1 Å². The molecule has 0 N–H and O–H groups in total. The number of nitrogens with zero attached hydrogens (tertiary/aromatic N) is 3. The van der Waals surface area contributed by atoms with Crippen LogP contribution in [-0.2, 0) is 5.75 Å². The van der Waals surface area contributed by atoms with E-state index < -0.39 is 0 Å². The molecular formula is C28H18ClN3O2S. The zero-order valence-corrected chi connectivity index (χ0v) is 20.0. The molecule has 6 aromatic rings. The average molecular weight is 496 g/mol. The van der Waals surface area contributed by atoms with Crippen molar-refractivity contribution in [3.63, 3.8) is 0 Å². The lowest BCUT2D eigenvalue weighted by Crippen LogP contribution is -2.02. The first-order valence-corrected chi connectivity index (χ1v) is 12.4. The molecule has 0 unspecified atom stereocenters. The molecule has 6 rings (SSSR count). The van der Waals surface area contributed by atoms with Crippen LogP contribution in [0.25, 0.3) is 38.8 Å². The number of thioether (sulfide) groups is 1. The van der Waals surface area contributed by atoms with E-state index in [0.29, 0.717) is 21.5 Å². The second-order valence-electron chi connectivity index (χ2n) is 8.02. The van der Waals surface area contributed by atoms with E-state index in [1.807, 2.05) is 83.4 Å². The van der Waals surface area contributed by atoms with Gasteiger partial charge in [0.15, 0.2) is 11.0 Å². The van der Waals surface area contributed by atoms with Crippen molar-refractivity contribution < 1.29 is 4.42 Å². The first kappa shape index (κ1) is 21.6. The maximum atomic E-state index is 12.3. The standard InChI is InChI=1S/C28H18ClN3O2S/c29-21-11-13-22(14-12-21)32-27(19-7-2-1-3-8-19)30-31-28(32)35-17-20-16-25(33)34-24-15-10-18-6-4-5-9-23(18)26(20)24/h1-16H,17H2. The van der Waals surface area contributed by atoms with Crippen LogP contribution in [0.1, 0.15) is 5.56 Å². The highest BCUT2D eigenvalue weighted by molar-refractivity contribution is 7.98. The van der Waals surface area contributed by atoms with Crippen molar-refractivity contribution in [1.29, 1.82) is 0 Å².